The van der Waals surface area contributed by atoms with Gasteiger partial charge in [-0.05, 0) is 30.2 Å². The number of hydrogen-bond donors (Lipinski definition) is 1. The fourth-order valence-electron chi connectivity index (χ4n) is 2.56. The van der Waals surface area contributed by atoms with E-state index in [1.807, 2.05) is 0 Å². The minimum absolute atomic E-state index is 0.174. The second kappa shape index (κ2) is 8.38. The van der Waals surface area contributed by atoms with Crippen LogP contribution >= 0.6 is 0 Å². The van der Waals surface area contributed by atoms with Crippen molar-refractivity contribution in [3.63, 3.8) is 0 Å². The third-order valence-electron chi connectivity index (χ3n) is 3.93. The first-order chi connectivity index (χ1) is 12.6. The van der Waals surface area contributed by atoms with E-state index < -0.39 is 0 Å². The number of rotatable bonds is 7. The summed E-state index contributed by atoms with van der Waals surface area (Å²) < 4.78 is 32.7. The van der Waals surface area contributed by atoms with E-state index >= 15 is 0 Å². The van der Waals surface area contributed by atoms with Crippen LogP contribution in [-0.2, 0) is 17.6 Å². The lowest BCUT2D eigenvalue weighted by Crippen LogP contribution is -2.26. The number of carbonyl (C=O) groups excluding carboxylic acids is 1. The van der Waals surface area contributed by atoms with E-state index in [1.54, 1.807) is 36.4 Å². The largest absolute Gasteiger partial charge is 0.441 e. The fourth-order valence-corrected chi connectivity index (χ4v) is 2.56. The first-order valence-corrected chi connectivity index (χ1v) is 8.33. The van der Waals surface area contributed by atoms with Gasteiger partial charge in [0.25, 0.3) is 0 Å². The lowest BCUT2D eigenvalue weighted by atomic mass is 10.1. The molecule has 0 aliphatic rings. The highest BCUT2D eigenvalue weighted by Gasteiger charge is 2.11. The monoisotopic (exact) mass is 356 g/mol. The number of nitrogens with one attached hydrogen (secondary N) is 1. The molecule has 0 saturated carbocycles. The summed E-state index contributed by atoms with van der Waals surface area (Å²) in [7, 11) is 0. The molecule has 0 radical (unpaired) electrons. The van der Waals surface area contributed by atoms with Crippen molar-refractivity contribution in [2.75, 3.05) is 6.54 Å². The summed E-state index contributed by atoms with van der Waals surface area (Å²) in [6.07, 6.45) is 2.37. The first-order valence-electron chi connectivity index (χ1n) is 8.33. The summed E-state index contributed by atoms with van der Waals surface area (Å²) in [6.45, 7) is 0.353. The smallest absolute Gasteiger partial charge is 0.220 e. The summed E-state index contributed by atoms with van der Waals surface area (Å²) in [5.41, 5.74) is 0.899. The molecule has 0 aliphatic carbocycles. The zero-order valence-electron chi connectivity index (χ0n) is 14.0. The van der Waals surface area contributed by atoms with Gasteiger partial charge in [0, 0.05) is 19.4 Å². The van der Waals surface area contributed by atoms with Crippen molar-refractivity contribution >= 4 is 5.91 Å². The summed E-state index contributed by atoms with van der Waals surface area (Å²) in [5, 5.41) is 2.74. The van der Waals surface area contributed by atoms with Gasteiger partial charge in [-0.25, -0.2) is 13.8 Å². The highest BCUT2D eigenvalue weighted by Crippen LogP contribution is 2.23. The van der Waals surface area contributed by atoms with E-state index in [2.05, 4.69) is 10.3 Å². The number of benzene rings is 2. The van der Waals surface area contributed by atoms with Crippen LogP contribution in [0, 0.1) is 11.6 Å². The highest BCUT2D eigenvalue weighted by molar-refractivity contribution is 5.76. The molecule has 1 heterocycles. The fraction of sp³-hybridized carbons (Fsp3) is 0.200. The van der Waals surface area contributed by atoms with Crippen LogP contribution in [0.2, 0.25) is 0 Å². The van der Waals surface area contributed by atoms with Gasteiger partial charge in [-0.3, -0.25) is 4.79 Å². The molecular formula is C20H18F2N2O2. The molecule has 1 N–H and O–H groups in total. The van der Waals surface area contributed by atoms with Gasteiger partial charge in [0.2, 0.25) is 5.91 Å². The van der Waals surface area contributed by atoms with Crippen molar-refractivity contribution in [1.29, 1.82) is 0 Å². The SMILES string of the molecule is O=C(CCc1ncc(-c2ccccc2F)o1)NCCc1ccccc1F. The molecule has 3 rings (SSSR count). The number of amides is 1. The van der Waals surface area contributed by atoms with Gasteiger partial charge in [-0.15, -0.1) is 0 Å². The predicted molar refractivity (Wildman–Crippen MR) is 93.3 cm³/mol. The van der Waals surface area contributed by atoms with E-state index in [0.29, 0.717) is 42.2 Å². The van der Waals surface area contributed by atoms with Crippen molar-refractivity contribution in [2.24, 2.45) is 0 Å². The number of carbonyl (C=O) groups is 1. The Labute approximate surface area is 149 Å². The minimum atomic E-state index is -0.388. The molecule has 26 heavy (non-hydrogen) atoms. The van der Waals surface area contributed by atoms with Crippen LogP contribution < -0.4 is 5.32 Å². The summed E-state index contributed by atoms with van der Waals surface area (Å²) in [6, 6.07) is 12.7. The normalized spacial score (nSPS) is 10.7. The third kappa shape index (κ3) is 4.53. The second-order valence-electron chi connectivity index (χ2n) is 5.79. The van der Waals surface area contributed by atoms with Crippen LogP contribution in [0.15, 0.2) is 59.1 Å². The van der Waals surface area contributed by atoms with E-state index in [9.17, 15) is 13.6 Å². The Hall–Kier alpha value is -3.02. The zero-order chi connectivity index (χ0) is 18.4. The quantitative estimate of drug-likeness (QED) is 0.698. The lowest BCUT2D eigenvalue weighted by molar-refractivity contribution is -0.121. The number of hydrogen-bond acceptors (Lipinski definition) is 3. The highest BCUT2D eigenvalue weighted by atomic mass is 19.1. The maximum Gasteiger partial charge on any atom is 0.220 e. The van der Waals surface area contributed by atoms with Gasteiger partial charge in [0.1, 0.15) is 11.6 Å². The molecule has 0 saturated heterocycles. The number of oxazole rings is 1. The molecule has 4 nitrogen and oxygen atoms in total. The number of aromatic nitrogens is 1. The Kier molecular flexibility index (Phi) is 5.73. The zero-order valence-corrected chi connectivity index (χ0v) is 14.0. The van der Waals surface area contributed by atoms with Crippen LogP contribution in [0.1, 0.15) is 17.9 Å². The van der Waals surface area contributed by atoms with Crippen molar-refractivity contribution in [3.8, 4) is 11.3 Å². The molecule has 3 aromatic rings. The molecule has 0 aliphatic heterocycles. The number of aryl methyl sites for hydroxylation is 1. The van der Waals surface area contributed by atoms with Crippen molar-refractivity contribution in [1.82, 2.24) is 10.3 Å². The van der Waals surface area contributed by atoms with Crippen LogP contribution in [0.4, 0.5) is 8.78 Å². The molecule has 0 fully saturated rings. The van der Waals surface area contributed by atoms with Crippen molar-refractivity contribution in [2.45, 2.75) is 19.3 Å². The number of nitrogens with zero attached hydrogens (tertiary/aromatic N) is 1. The molecule has 0 unspecified atom stereocenters. The Morgan fingerprint density at radius 2 is 1.73 bits per heavy atom. The van der Waals surface area contributed by atoms with Gasteiger partial charge in [-0.1, -0.05) is 30.3 Å². The van der Waals surface area contributed by atoms with Crippen LogP contribution in [0.5, 0.6) is 0 Å². The van der Waals surface area contributed by atoms with Gasteiger partial charge in [0.15, 0.2) is 11.7 Å². The lowest BCUT2D eigenvalue weighted by Gasteiger charge is -2.05. The van der Waals surface area contributed by atoms with Crippen molar-refractivity contribution < 1.29 is 18.0 Å². The molecule has 6 heteroatoms. The molecule has 2 aromatic carbocycles. The Balaban J connectivity index is 1.46. The van der Waals surface area contributed by atoms with Crippen LogP contribution in [0.25, 0.3) is 11.3 Å². The van der Waals surface area contributed by atoms with Crippen LogP contribution in [0.3, 0.4) is 0 Å². The molecule has 0 spiro atoms. The maximum atomic E-state index is 13.7. The average molecular weight is 356 g/mol. The Bertz CT molecular complexity index is 893. The van der Waals surface area contributed by atoms with E-state index in [4.69, 9.17) is 4.42 Å². The summed E-state index contributed by atoms with van der Waals surface area (Å²) in [5.74, 6) is -0.138. The topological polar surface area (TPSA) is 55.1 Å². The summed E-state index contributed by atoms with van der Waals surface area (Å²) in [4.78, 5) is 16.0. The van der Waals surface area contributed by atoms with Gasteiger partial charge < -0.3 is 9.73 Å². The third-order valence-corrected chi connectivity index (χ3v) is 3.93. The maximum absolute atomic E-state index is 13.7. The van der Waals surface area contributed by atoms with E-state index in [-0.39, 0.29) is 24.0 Å². The predicted octanol–water partition coefficient (Wildman–Crippen LogP) is 3.91. The molecule has 1 aromatic heterocycles. The first kappa shape index (κ1) is 17.8. The molecule has 0 atom stereocenters. The van der Waals surface area contributed by atoms with E-state index in [0.717, 1.165) is 0 Å². The Morgan fingerprint density at radius 1 is 1.00 bits per heavy atom. The average Bonchev–Trinajstić information content (AvgIpc) is 3.11. The van der Waals surface area contributed by atoms with Gasteiger partial charge >= 0.3 is 0 Å². The Morgan fingerprint density at radius 3 is 2.50 bits per heavy atom. The molecule has 0 bridgehead atoms. The van der Waals surface area contributed by atoms with Crippen molar-refractivity contribution in [3.05, 3.63) is 77.8 Å². The molecule has 134 valence electrons. The standard InChI is InChI=1S/C20H18F2N2O2/c21-16-7-3-1-5-14(16)11-12-23-19(25)9-10-20-24-13-18(26-20)15-6-2-4-8-17(15)22/h1-8,13H,9-12H2,(H,23,25). The van der Waals surface area contributed by atoms with Crippen LogP contribution in [-0.4, -0.2) is 17.4 Å². The molecular weight excluding hydrogens is 338 g/mol. The molecule has 1 amide bonds. The minimum Gasteiger partial charge on any atom is -0.441 e. The second-order valence-corrected chi connectivity index (χ2v) is 5.79. The number of halogens is 2. The van der Waals surface area contributed by atoms with Gasteiger partial charge in [0.05, 0.1) is 11.8 Å². The van der Waals surface area contributed by atoms with Gasteiger partial charge in [-0.2, -0.15) is 0 Å². The van der Waals surface area contributed by atoms with E-state index in [1.165, 1.54) is 18.3 Å². The summed E-state index contributed by atoms with van der Waals surface area (Å²) >= 11 is 0.